The molecule has 1 rings (SSSR count). The van der Waals surface area contributed by atoms with Crippen LogP contribution in [0, 0.1) is 0 Å². The number of halogens is 1. The molecule has 5 nitrogen and oxygen atoms in total. The summed E-state index contributed by atoms with van der Waals surface area (Å²) in [5.74, 6) is -0.105. The predicted octanol–water partition coefficient (Wildman–Crippen LogP) is 1.36. The maximum Gasteiger partial charge on any atom is 0.264 e. The van der Waals surface area contributed by atoms with Gasteiger partial charge in [-0.15, -0.1) is 0 Å². The number of benzene rings is 1. The second-order valence-electron chi connectivity index (χ2n) is 4.42. The molecule has 1 aromatic carbocycles. The van der Waals surface area contributed by atoms with Crippen molar-refractivity contribution in [3.05, 3.63) is 29.3 Å². The first kappa shape index (κ1) is 15.3. The predicted molar refractivity (Wildman–Crippen MR) is 73.2 cm³/mol. The standard InChI is InChI=1S/C13H17ClN2O3/c1-13(2,12(18)16-8-11(17)15-3)19-10-6-4-9(14)5-7-10/h4-7H,8H2,1-3H3,(H,15,17)(H,16,18). The van der Waals surface area contributed by atoms with Crippen LogP contribution in [0.3, 0.4) is 0 Å². The molecule has 0 aromatic heterocycles. The number of rotatable bonds is 5. The Morgan fingerprint density at radius 2 is 1.84 bits per heavy atom. The van der Waals surface area contributed by atoms with Gasteiger partial charge in [0.15, 0.2) is 5.60 Å². The molecule has 0 atom stereocenters. The summed E-state index contributed by atoms with van der Waals surface area (Å²) in [6.07, 6.45) is 0. The molecule has 2 N–H and O–H groups in total. The molecule has 19 heavy (non-hydrogen) atoms. The third-order valence-corrected chi connectivity index (χ3v) is 2.67. The Hall–Kier alpha value is -1.75. The summed E-state index contributed by atoms with van der Waals surface area (Å²) >= 11 is 5.77. The summed E-state index contributed by atoms with van der Waals surface area (Å²) in [6.45, 7) is 3.17. The Labute approximate surface area is 117 Å². The number of carbonyl (C=O) groups excluding carboxylic acids is 2. The molecule has 0 radical (unpaired) electrons. The van der Waals surface area contributed by atoms with Crippen LogP contribution in [-0.2, 0) is 9.59 Å². The van der Waals surface area contributed by atoms with Gasteiger partial charge in [-0.2, -0.15) is 0 Å². The smallest absolute Gasteiger partial charge is 0.264 e. The summed E-state index contributed by atoms with van der Waals surface area (Å²) < 4.78 is 5.58. The number of carbonyl (C=O) groups is 2. The van der Waals surface area contributed by atoms with Crippen LogP contribution in [0.5, 0.6) is 5.75 Å². The summed E-state index contributed by atoms with van der Waals surface area (Å²) in [4.78, 5) is 23.0. The van der Waals surface area contributed by atoms with Gasteiger partial charge in [0.25, 0.3) is 5.91 Å². The monoisotopic (exact) mass is 284 g/mol. The van der Waals surface area contributed by atoms with E-state index in [2.05, 4.69) is 10.6 Å². The minimum Gasteiger partial charge on any atom is -0.478 e. The first-order valence-corrected chi connectivity index (χ1v) is 6.16. The van der Waals surface area contributed by atoms with Gasteiger partial charge in [-0.1, -0.05) is 11.6 Å². The maximum absolute atomic E-state index is 11.9. The highest BCUT2D eigenvalue weighted by atomic mass is 35.5. The number of hydrogen-bond acceptors (Lipinski definition) is 3. The van der Waals surface area contributed by atoms with Crippen molar-refractivity contribution < 1.29 is 14.3 Å². The van der Waals surface area contributed by atoms with Crippen molar-refractivity contribution in [2.75, 3.05) is 13.6 Å². The third kappa shape index (κ3) is 4.79. The molecule has 0 saturated carbocycles. The molecule has 0 bridgehead atoms. The van der Waals surface area contributed by atoms with Crippen LogP contribution in [0.25, 0.3) is 0 Å². The van der Waals surface area contributed by atoms with Gasteiger partial charge in [0, 0.05) is 12.1 Å². The number of likely N-dealkylation sites (N-methyl/N-ethyl adjacent to an activating group) is 1. The number of hydrogen-bond donors (Lipinski definition) is 2. The second kappa shape index (κ2) is 6.43. The molecule has 6 heteroatoms. The summed E-state index contributed by atoms with van der Waals surface area (Å²) in [7, 11) is 1.50. The normalized spacial score (nSPS) is 10.7. The summed E-state index contributed by atoms with van der Waals surface area (Å²) in [6, 6.07) is 6.71. The van der Waals surface area contributed by atoms with E-state index in [1.165, 1.54) is 7.05 Å². The molecule has 2 amide bonds. The van der Waals surface area contributed by atoms with E-state index in [9.17, 15) is 9.59 Å². The molecular weight excluding hydrogens is 268 g/mol. The fraction of sp³-hybridized carbons (Fsp3) is 0.385. The minimum atomic E-state index is -1.08. The second-order valence-corrected chi connectivity index (χ2v) is 4.86. The Morgan fingerprint density at radius 3 is 2.37 bits per heavy atom. The van der Waals surface area contributed by atoms with Gasteiger partial charge in [0.05, 0.1) is 6.54 Å². The SMILES string of the molecule is CNC(=O)CNC(=O)C(C)(C)Oc1ccc(Cl)cc1. The van der Waals surface area contributed by atoms with E-state index in [0.29, 0.717) is 10.8 Å². The highest BCUT2D eigenvalue weighted by Crippen LogP contribution is 2.20. The maximum atomic E-state index is 11.9. The van der Waals surface area contributed by atoms with E-state index < -0.39 is 5.60 Å². The average Bonchev–Trinajstić information content (AvgIpc) is 2.37. The molecular formula is C13H17ClN2O3. The molecule has 0 aliphatic carbocycles. The lowest BCUT2D eigenvalue weighted by molar-refractivity contribution is -0.135. The van der Waals surface area contributed by atoms with E-state index in [0.717, 1.165) is 0 Å². The van der Waals surface area contributed by atoms with Gasteiger partial charge >= 0.3 is 0 Å². The molecule has 0 unspecified atom stereocenters. The van der Waals surface area contributed by atoms with Gasteiger partial charge in [-0.05, 0) is 38.1 Å². The van der Waals surface area contributed by atoms with Crippen LogP contribution >= 0.6 is 11.6 Å². The molecule has 0 saturated heterocycles. The van der Waals surface area contributed by atoms with Gasteiger partial charge in [0.2, 0.25) is 5.91 Å². The van der Waals surface area contributed by atoms with Gasteiger partial charge in [0.1, 0.15) is 5.75 Å². The fourth-order valence-corrected chi connectivity index (χ4v) is 1.43. The molecule has 1 aromatic rings. The number of nitrogens with one attached hydrogen (secondary N) is 2. The van der Waals surface area contributed by atoms with Crippen molar-refractivity contribution in [1.29, 1.82) is 0 Å². The Kier molecular flexibility index (Phi) is 5.18. The Balaban J connectivity index is 2.61. The lowest BCUT2D eigenvalue weighted by Gasteiger charge is -2.25. The van der Waals surface area contributed by atoms with Crippen LogP contribution in [-0.4, -0.2) is 31.0 Å². The molecule has 0 aliphatic heterocycles. The zero-order valence-corrected chi connectivity index (χ0v) is 11.9. The molecule has 104 valence electrons. The number of ether oxygens (including phenoxy) is 1. The van der Waals surface area contributed by atoms with E-state index in [1.807, 2.05) is 0 Å². The first-order valence-electron chi connectivity index (χ1n) is 5.78. The molecule has 0 aliphatic rings. The van der Waals surface area contributed by atoms with Crippen molar-refractivity contribution in [2.45, 2.75) is 19.4 Å². The van der Waals surface area contributed by atoms with Crippen molar-refractivity contribution in [2.24, 2.45) is 0 Å². The van der Waals surface area contributed by atoms with E-state index >= 15 is 0 Å². The highest BCUT2D eigenvalue weighted by molar-refractivity contribution is 6.30. The average molecular weight is 285 g/mol. The lowest BCUT2D eigenvalue weighted by atomic mass is 10.1. The van der Waals surface area contributed by atoms with Gasteiger partial charge in [-0.25, -0.2) is 0 Å². The van der Waals surface area contributed by atoms with Crippen LogP contribution in [0.2, 0.25) is 5.02 Å². The van der Waals surface area contributed by atoms with Gasteiger partial charge < -0.3 is 15.4 Å². The molecule has 0 fully saturated rings. The van der Waals surface area contributed by atoms with E-state index in [-0.39, 0.29) is 18.4 Å². The Bertz CT molecular complexity index is 457. The van der Waals surface area contributed by atoms with E-state index in [4.69, 9.17) is 16.3 Å². The van der Waals surface area contributed by atoms with Crippen molar-refractivity contribution in [3.63, 3.8) is 0 Å². The summed E-state index contributed by atoms with van der Waals surface area (Å²) in [5.41, 5.74) is -1.08. The number of amides is 2. The summed E-state index contributed by atoms with van der Waals surface area (Å²) in [5, 5.41) is 5.51. The zero-order chi connectivity index (χ0) is 14.5. The zero-order valence-electron chi connectivity index (χ0n) is 11.1. The quantitative estimate of drug-likeness (QED) is 0.858. The lowest BCUT2D eigenvalue weighted by Crippen LogP contribution is -2.49. The van der Waals surface area contributed by atoms with Crippen LogP contribution < -0.4 is 15.4 Å². The van der Waals surface area contributed by atoms with Crippen molar-refractivity contribution in [3.8, 4) is 5.75 Å². The van der Waals surface area contributed by atoms with Crippen LogP contribution in [0.15, 0.2) is 24.3 Å². The topological polar surface area (TPSA) is 67.4 Å². The van der Waals surface area contributed by atoms with Crippen molar-refractivity contribution in [1.82, 2.24) is 10.6 Å². The van der Waals surface area contributed by atoms with Crippen LogP contribution in [0.4, 0.5) is 0 Å². The van der Waals surface area contributed by atoms with E-state index in [1.54, 1.807) is 38.1 Å². The Morgan fingerprint density at radius 1 is 1.26 bits per heavy atom. The van der Waals surface area contributed by atoms with Crippen LogP contribution in [0.1, 0.15) is 13.8 Å². The molecule has 0 spiro atoms. The third-order valence-electron chi connectivity index (χ3n) is 2.42. The molecule has 0 heterocycles. The fourth-order valence-electron chi connectivity index (χ4n) is 1.31. The first-order chi connectivity index (χ1) is 8.85. The van der Waals surface area contributed by atoms with Gasteiger partial charge in [-0.3, -0.25) is 9.59 Å². The van der Waals surface area contributed by atoms with Crippen molar-refractivity contribution >= 4 is 23.4 Å². The largest absolute Gasteiger partial charge is 0.478 e. The highest BCUT2D eigenvalue weighted by Gasteiger charge is 2.30. The minimum absolute atomic E-state index is 0.0806.